The summed E-state index contributed by atoms with van der Waals surface area (Å²) in [5.74, 6) is -2.21. The first kappa shape index (κ1) is 32.7. The lowest BCUT2D eigenvalue weighted by atomic mass is 10.2. The van der Waals surface area contributed by atoms with Crippen LogP contribution in [0.15, 0.2) is 41.8 Å². The van der Waals surface area contributed by atoms with Crippen molar-refractivity contribution < 1.29 is 35.5 Å². The lowest BCUT2D eigenvalue weighted by Crippen LogP contribution is -2.40. The molecule has 0 aliphatic carbocycles. The fourth-order valence-corrected chi connectivity index (χ4v) is 4.04. The van der Waals surface area contributed by atoms with Crippen molar-refractivity contribution in [3.63, 3.8) is 0 Å². The quantitative estimate of drug-likeness (QED) is 0.268. The SMILES string of the molecule is CC.CC.CC1=NN(c2ncc(CNC(=O)c3c(C(F)(F)F)nc4ccccn34)cc2F)CCN1SC(F)(F)F. The molecule has 0 unspecified atom stereocenters. The van der Waals surface area contributed by atoms with Gasteiger partial charge in [0.1, 0.15) is 17.2 Å². The van der Waals surface area contributed by atoms with Crippen LogP contribution in [0, 0.1) is 5.82 Å². The standard InChI is InChI=1S/C20H16F7N7OS.2C2H6/c1-11-31-33(6-7-34(11)36-20(25,26)27)17-13(21)8-12(9-28-17)10-29-18(35)15-16(19(22,23)24)30-14-4-2-3-5-32(14)15;2*1-2/h2-5,8-9H,6-7,10H2,1H3,(H,29,35);2*1-2H3. The normalized spacial score (nSPS) is 13.7. The molecule has 3 aromatic rings. The first-order valence-corrected chi connectivity index (χ1v) is 12.9. The Bertz CT molecular complexity index is 1330. The van der Waals surface area contributed by atoms with Gasteiger partial charge in [-0.05, 0) is 30.7 Å². The molecule has 1 N–H and O–H groups in total. The molecule has 1 aliphatic heterocycles. The third-order valence-electron chi connectivity index (χ3n) is 4.94. The molecule has 0 bridgehead atoms. The Kier molecular flexibility index (Phi) is 11.2. The van der Waals surface area contributed by atoms with E-state index in [-0.39, 0.29) is 54.4 Å². The van der Waals surface area contributed by atoms with Gasteiger partial charge in [-0.15, -0.1) is 0 Å². The number of pyridine rings is 2. The maximum absolute atomic E-state index is 14.7. The highest BCUT2D eigenvalue weighted by molar-refractivity contribution is 7.98. The number of anilines is 1. The second-order valence-corrected chi connectivity index (χ2v) is 8.56. The van der Waals surface area contributed by atoms with Gasteiger partial charge in [-0.25, -0.2) is 19.4 Å². The number of nitrogens with zero attached hydrogens (tertiary/aromatic N) is 6. The van der Waals surface area contributed by atoms with Crippen LogP contribution in [0.5, 0.6) is 0 Å². The van der Waals surface area contributed by atoms with Crippen molar-refractivity contribution in [1.82, 2.24) is 24.0 Å². The number of nitrogens with one attached hydrogen (secondary N) is 1. The third-order valence-corrected chi connectivity index (χ3v) is 5.82. The Morgan fingerprint density at radius 2 is 1.75 bits per heavy atom. The highest BCUT2D eigenvalue weighted by atomic mass is 32.2. The molecule has 220 valence electrons. The summed E-state index contributed by atoms with van der Waals surface area (Å²) in [4.78, 5) is 20.0. The van der Waals surface area contributed by atoms with E-state index in [1.807, 2.05) is 27.7 Å². The van der Waals surface area contributed by atoms with Crippen molar-refractivity contribution in [2.24, 2.45) is 5.10 Å². The smallest absolute Gasteiger partial charge is 0.347 e. The molecule has 40 heavy (non-hydrogen) atoms. The third kappa shape index (κ3) is 7.99. The number of amides is 1. The van der Waals surface area contributed by atoms with Crippen LogP contribution in [0.25, 0.3) is 5.65 Å². The zero-order valence-electron chi connectivity index (χ0n) is 22.2. The predicted octanol–water partition coefficient (Wildman–Crippen LogP) is 6.49. The minimum absolute atomic E-state index is 0.00498. The fraction of sp³-hybridized carbons (Fsp3) is 0.417. The van der Waals surface area contributed by atoms with Crippen LogP contribution in [-0.2, 0) is 12.7 Å². The molecule has 0 spiro atoms. The summed E-state index contributed by atoms with van der Waals surface area (Å²) < 4.78 is 94.7. The van der Waals surface area contributed by atoms with Crippen LogP contribution in [0.1, 0.15) is 56.4 Å². The molecule has 0 fully saturated rings. The first-order chi connectivity index (χ1) is 18.8. The molecule has 4 heterocycles. The number of carbonyl (C=O) groups excluding carboxylic acids is 1. The number of hydrogen-bond acceptors (Lipinski definition) is 7. The lowest BCUT2D eigenvalue weighted by Gasteiger charge is -2.32. The molecule has 0 saturated heterocycles. The zero-order chi connectivity index (χ0) is 30.3. The van der Waals surface area contributed by atoms with Gasteiger partial charge >= 0.3 is 11.7 Å². The van der Waals surface area contributed by atoms with Crippen LogP contribution in [0.4, 0.5) is 36.6 Å². The zero-order valence-corrected chi connectivity index (χ0v) is 23.0. The number of aromatic nitrogens is 3. The average molecular weight is 596 g/mol. The van der Waals surface area contributed by atoms with Crippen LogP contribution in [0.2, 0.25) is 0 Å². The van der Waals surface area contributed by atoms with Gasteiger partial charge in [0, 0.05) is 18.9 Å². The second-order valence-electron chi connectivity index (χ2n) is 7.48. The highest BCUT2D eigenvalue weighted by Crippen LogP contribution is 2.35. The molecule has 0 atom stereocenters. The van der Waals surface area contributed by atoms with E-state index >= 15 is 0 Å². The molecule has 1 amide bonds. The number of hydrazone groups is 1. The number of halogens is 7. The van der Waals surface area contributed by atoms with Crippen LogP contribution < -0.4 is 10.3 Å². The van der Waals surface area contributed by atoms with Gasteiger partial charge in [0.2, 0.25) is 0 Å². The molecule has 0 aromatic carbocycles. The largest absolute Gasteiger partial charge is 0.461 e. The number of hydrogen-bond donors (Lipinski definition) is 1. The number of fused-ring (bicyclic) bond motifs is 1. The van der Waals surface area contributed by atoms with Crippen molar-refractivity contribution in [3.8, 4) is 0 Å². The average Bonchev–Trinajstić information content (AvgIpc) is 3.31. The highest BCUT2D eigenvalue weighted by Gasteiger charge is 2.40. The van der Waals surface area contributed by atoms with Gasteiger partial charge < -0.3 is 5.32 Å². The number of amidine groups is 1. The predicted molar refractivity (Wildman–Crippen MR) is 139 cm³/mol. The van der Waals surface area contributed by atoms with E-state index in [0.29, 0.717) is 0 Å². The second kappa shape index (κ2) is 13.7. The van der Waals surface area contributed by atoms with E-state index in [9.17, 15) is 35.5 Å². The monoisotopic (exact) mass is 595 g/mol. The molecule has 16 heteroatoms. The van der Waals surface area contributed by atoms with E-state index in [1.54, 1.807) is 0 Å². The van der Waals surface area contributed by atoms with Gasteiger partial charge in [0.25, 0.3) is 5.91 Å². The molecular weight excluding hydrogens is 567 g/mol. The van der Waals surface area contributed by atoms with Crippen LogP contribution in [-0.4, -0.2) is 49.0 Å². The van der Waals surface area contributed by atoms with Gasteiger partial charge in [-0.3, -0.25) is 13.5 Å². The lowest BCUT2D eigenvalue weighted by molar-refractivity contribution is -0.141. The number of carbonyl (C=O) groups is 1. The first-order valence-electron chi connectivity index (χ1n) is 12.2. The molecule has 0 saturated carbocycles. The Balaban J connectivity index is 0.00000134. The Hall–Kier alpha value is -3.56. The molecule has 3 aromatic heterocycles. The Morgan fingerprint density at radius 3 is 2.33 bits per heavy atom. The molecular formula is C24H28F7N7OS. The van der Waals surface area contributed by atoms with Crippen molar-refractivity contribution in [1.29, 1.82) is 0 Å². The summed E-state index contributed by atoms with van der Waals surface area (Å²) in [6, 6.07) is 5.23. The van der Waals surface area contributed by atoms with E-state index in [2.05, 4.69) is 20.4 Å². The number of imidazole rings is 1. The van der Waals surface area contributed by atoms with Gasteiger partial charge in [-0.1, -0.05) is 33.8 Å². The van der Waals surface area contributed by atoms with Gasteiger partial charge in [-0.2, -0.15) is 31.4 Å². The van der Waals surface area contributed by atoms with E-state index in [1.165, 1.54) is 37.5 Å². The Labute approximate surface area is 230 Å². The molecule has 0 radical (unpaired) electrons. The maximum atomic E-state index is 14.7. The summed E-state index contributed by atoms with van der Waals surface area (Å²) in [5.41, 5.74) is -6.52. The van der Waals surface area contributed by atoms with Crippen molar-refractivity contribution >= 4 is 35.2 Å². The summed E-state index contributed by atoms with van der Waals surface area (Å²) in [5, 5.41) is 7.35. The summed E-state index contributed by atoms with van der Waals surface area (Å²) in [6.45, 7) is 8.81. The summed E-state index contributed by atoms with van der Waals surface area (Å²) in [7, 11) is 0. The van der Waals surface area contributed by atoms with Crippen LogP contribution in [0.3, 0.4) is 0 Å². The Morgan fingerprint density at radius 1 is 1.07 bits per heavy atom. The van der Waals surface area contributed by atoms with Gasteiger partial charge in [0.05, 0.1) is 25.0 Å². The molecule has 4 rings (SSSR count). The summed E-state index contributed by atoms with van der Waals surface area (Å²) in [6.07, 6.45) is -2.44. The van der Waals surface area contributed by atoms with E-state index in [0.717, 1.165) is 19.8 Å². The summed E-state index contributed by atoms with van der Waals surface area (Å²) >= 11 is -0.354. The van der Waals surface area contributed by atoms with Crippen molar-refractivity contribution in [3.05, 3.63) is 59.4 Å². The van der Waals surface area contributed by atoms with E-state index in [4.69, 9.17) is 0 Å². The molecule has 1 aliphatic rings. The van der Waals surface area contributed by atoms with Crippen molar-refractivity contribution in [2.75, 3.05) is 18.1 Å². The minimum atomic E-state index is -4.88. The van der Waals surface area contributed by atoms with Crippen LogP contribution >= 0.6 is 11.9 Å². The molecule has 8 nitrogen and oxygen atoms in total. The van der Waals surface area contributed by atoms with Gasteiger partial charge in [0.15, 0.2) is 17.3 Å². The van der Waals surface area contributed by atoms with Crippen molar-refractivity contribution in [2.45, 2.75) is 52.8 Å². The maximum Gasteiger partial charge on any atom is 0.461 e. The topological polar surface area (TPSA) is 78.1 Å². The van der Waals surface area contributed by atoms with E-state index < -0.39 is 34.8 Å². The fourth-order valence-electron chi connectivity index (χ4n) is 3.45. The number of alkyl halides is 6. The minimum Gasteiger partial charge on any atom is -0.347 e. The number of rotatable bonds is 5.